The van der Waals surface area contributed by atoms with Crippen molar-refractivity contribution in [3.63, 3.8) is 0 Å². The Morgan fingerprint density at radius 2 is 0.792 bits per heavy atom. The molecule has 0 aliphatic carbocycles. The van der Waals surface area contributed by atoms with E-state index in [1.807, 2.05) is 0 Å². The van der Waals surface area contributed by atoms with Crippen molar-refractivity contribution in [2.75, 3.05) is 13.2 Å². The third-order valence-electron chi connectivity index (χ3n) is 9.58. The summed E-state index contributed by atoms with van der Waals surface area (Å²) in [4.78, 5) is 37.4. The van der Waals surface area contributed by atoms with Gasteiger partial charge in [-0.05, 0) is 31.1 Å². The van der Waals surface area contributed by atoms with Gasteiger partial charge in [0.1, 0.15) is 13.2 Å². The zero-order chi connectivity index (χ0) is 35.5. The normalized spacial score (nSPS) is 12.6. The molecule has 0 saturated carbocycles. The lowest BCUT2D eigenvalue weighted by Gasteiger charge is -2.18. The van der Waals surface area contributed by atoms with E-state index in [2.05, 4.69) is 34.6 Å². The van der Waals surface area contributed by atoms with Crippen molar-refractivity contribution in [2.24, 2.45) is 11.8 Å². The molecule has 284 valence electrons. The van der Waals surface area contributed by atoms with Crippen LogP contribution in [0.3, 0.4) is 0 Å². The highest BCUT2D eigenvalue weighted by molar-refractivity contribution is 5.71. The quantitative estimate of drug-likeness (QED) is 0.0372. The van der Waals surface area contributed by atoms with Crippen LogP contribution in [-0.4, -0.2) is 37.2 Å². The Morgan fingerprint density at radius 3 is 1.19 bits per heavy atom. The van der Waals surface area contributed by atoms with Crippen LogP contribution in [0, 0.1) is 11.8 Å². The molecule has 48 heavy (non-hydrogen) atoms. The first kappa shape index (κ1) is 46.4. The third-order valence-corrected chi connectivity index (χ3v) is 9.58. The summed E-state index contributed by atoms with van der Waals surface area (Å²) < 4.78 is 16.6. The Morgan fingerprint density at radius 1 is 0.438 bits per heavy atom. The largest absolute Gasteiger partial charge is 0.462 e. The number of hydrogen-bond acceptors (Lipinski definition) is 6. The van der Waals surface area contributed by atoms with Gasteiger partial charge >= 0.3 is 17.9 Å². The second-order valence-electron chi connectivity index (χ2n) is 15.0. The van der Waals surface area contributed by atoms with E-state index < -0.39 is 6.10 Å². The summed E-state index contributed by atoms with van der Waals surface area (Å²) in [5, 5.41) is 0. The van der Waals surface area contributed by atoms with Gasteiger partial charge in [-0.1, -0.05) is 182 Å². The SMILES string of the molecule is CCCCCCCCCC(=O)O[C@@H](COC(=O)CCCCCCCCCCCCC(C)CC)COC(=O)CCCCCCCCC(C)C. The number of hydrogen-bond donors (Lipinski definition) is 0. The van der Waals surface area contributed by atoms with Gasteiger partial charge in [0.05, 0.1) is 0 Å². The van der Waals surface area contributed by atoms with Crippen LogP contribution in [0.5, 0.6) is 0 Å². The van der Waals surface area contributed by atoms with Gasteiger partial charge in [0.2, 0.25) is 0 Å². The number of carbonyl (C=O) groups excluding carboxylic acids is 3. The molecule has 0 aliphatic heterocycles. The van der Waals surface area contributed by atoms with E-state index in [0.717, 1.165) is 69.6 Å². The predicted octanol–water partition coefficient (Wildman–Crippen LogP) is 12.6. The first-order chi connectivity index (χ1) is 23.3. The van der Waals surface area contributed by atoms with E-state index in [-0.39, 0.29) is 31.1 Å². The highest BCUT2D eigenvalue weighted by Crippen LogP contribution is 2.16. The van der Waals surface area contributed by atoms with Crippen LogP contribution in [0.15, 0.2) is 0 Å². The van der Waals surface area contributed by atoms with Gasteiger partial charge in [0, 0.05) is 19.3 Å². The summed E-state index contributed by atoms with van der Waals surface area (Å²) in [6.45, 7) is 11.2. The average molecular weight is 681 g/mol. The summed E-state index contributed by atoms with van der Waals surface area (Å²) in [5.41, 5.74) is 0. The average Bonchev–Trinajstić information content (AvgIpc) is 3.06. The van der Waals surface area contributed by atoms with Crippen molar-refractivity contribution in [1.82, 2.24) is 0 Å². The van der Waals surface area contributed by atoms with Crippen molar-refractivity contribution in [1.29, 1.82) is 0 Å². The molecule has 0 N–H and O–H groups in total. The standard InChI is InChI=1S/C42H80O6/c1-6-8-9-10-15-24-29-34-42(45)48-39(36-47-41(44)33-28-23-19-18-20-25-30-37(3)4)35-46-40(43)32-27-22-17-14-12-11-13-16-21-26-31-38(5)7-2/h37-39H,6-36H2,1-5H3/t38?,39-/m0/s1. The van der Waals surface area contributed by atoms with Crippen molar-refractivity contribution in [3.8, 4) is 0 Å². The molecular formula is C42H80O6. The fourth-order valence-corrected chi connectivity index (χ4v) is 6.01. The van der Waals surface area contributed by atoms with Gasteiger partial charge in [0.15, 0.2) is 6.10 Å². The van der Waals surface area contributed by atoms with Crippen molar-refractivity contribution >= 4 is 17.9 Å². The van der Waals surface area contributed by atoms with E-state index in [4.69, 9.17) is 14.2 Å². The fraction of sp³-hybridized carbons (Fsp3) is 0.929. The van der Waals surface area contributed by atoms with Crippen molar-refractivity contribution < 1.29 is 28.6 Å². The topological polar surface area (TPSA) is 78.9 Å². The van der Waals surface area contributed by atoms with Crippen LogP contribution in [0.2, 0.25) is 0 Å². The monoisotopic (exact) mass is 681 g/mol. The Labute approximate surface area is 298 Å². The minimum absolute atomic E-state index is 0.0669. The number of unbranched alkanes of at least 4 members (excludes halogenated alkanes) is 20. The fourth-order valence-electron chi connectivity index (χ4n) is 6.01. The Hall–Kier alpha value is -1.59. The summed E-state index contributed by atoms with van der Waals surface area (Å²) >= 11 is 0. The van der Waals surface area contributed by atoms with E-state index in [9.17, 15) is 14.4 Å². The molecule has 0 aromatic heterocycles. The van der Waals surface area contributed by atoms with Gasteiger partial charge in [-0.25, -0.2) is 0 Å². The van der Waals surface area contributed by atoms with Crippen LogP contribution in [0.4, 0.5) is 0 Å². The van der Waals surface area contributed by atoms with E-state index >= 15 is 0 Å². The molecule has 0 radical (unpaired) electrons. The Bertz CT molecular complexity index is 736. The highest BCUT2D eigenvalue weighted by atomic mass is 16.6. The maximum absolute atomic E-state index is 12.6. The molecule has 2 atom stereocenters. The molecule has 0 bridgehead atoms. The number of rotatable bonds is 36. The summed E-state index contributed by atoms with van der Waals surface area (Å²) in [5.74, 6) is 0.759. The minimum Gasteiger partial charge on any atom is -0.462 e. The van der Waals surface area contributed by atoms with Crippen LogP contribution in [0.25, 0.3) is 0 Å². The Kier molecular flexibility index (Phi) is 34.1. The zero-order valence-electron chi connectivity index (χ0n) is 32.6. The first-order valence-corrected chi connectivity index (χ1v) is 20.8. The number of esters is 3. The molecular weight excluding hydrogens is 600 g/mol. The second kappa shape index (κ2) is 35.2. The second-order valence-corrected chi connectivity index (χ2v) is 15.0. The van der Waals surface area contributed by atoms with Gasteiger partial charge in [-0.2, -0.15) is 0 Å². The molecule has 0 aromatic carbocycles. The smallest absolute Gasteiger partial charge is 0.306 e. The van der Waals surface area contributed by atoms with Gasteiger partial charge < -0.3 is 14.2 Å². The van der Waals surface area contributed by atoms with Crippen LogP contribution in [0.1, 0.15) is 221 Å². The van der Waals surface area contributed by atoms with Gasteiger partial charge in [-0.15, -0.1) is 0 Å². The molecule has 0 aromatic rings. The van der Waals surface area contributed by atoms with E-state index in [1.165, 1.54) is 109 Å². The summed E-state index contributed by atoms with van der Waals surface area (Å²) in [6.07, 6.45) is 31.0. The van der Waals surface area contributed by atoms with Crippen LogP contribution >= 0.6 is 0 Å². The highest BCUT2D eigenvalue weighted by Gasteiger charge is 2.19. The Balaban J connectivity index is 4.27. The lowest BCUT2D eigenvalue weighted by molar-refractivity contribution is -0.167. The maximum Gasteiger partial charge on any atom is 0.306 e. The summed E-state index contributed by atoms with van der Waals surface area (Å²) in [6, 6.07) is 0. The third kappa shape index (κ3) is 34.3. The van der Waals surface area contributed by atoms with E-state index in [1.54, 1.807) is 0 Å². The minimum atomic E-state index is -0.758. The molecule has 6 heteroatoms. The predicted molar refractivity (Wildman–Crippen MR) is 201 cm³/mol. The van der Waals surface area contributed by atoms with Crippen molar-refractivity contribution in [2.45, 2.75) is 227 Å². The molecule has 0 heterocycles. The first-order valence-electron chi connectivity index (χ1n) is 20.8. The number of ether oxygens (including phenoxy) is 3. The lowest BCUT2D eigenvalue weighted by Crippen LogP contribution is -2.30. The molecule has 0 rings (SSSR count). The molecule has 0 amide bonds. The van der Waals surface area contributed by atoms with Gasteiger partial charge in [0.25, 0.3) is 0 Å². The maximum atomic E-state index is 12.6. The molecule has 0 fully saturated rings. The molecule has 0 saturated heterocycles. The zero-order valence-corrected chi connectivity index (χ0v) is 32.6. The van der Waals surface area contributed by atoms with Crippen LogP contribution in [-0.2, 0) is 28.6 Å². The van der Waals surface area contributed by atoms with Gasteiger partial charge in [-0.3, -0.25) is 14.4 Å². The molecule has 0 aliphatic rings. The van der Waals surface area contributed by atoms with Crippen molar-refractivity contribution in [3.05, 3.63) is 0 Å². The lowest BCUT2D eigenvalue weighted by atomic mass is 9.99. The number of carbonyl (C=O) groups is 3. The molecule has 0 spiro atoms. The molecule has 6 nitrogen and oxygen atoms in total. The molecule has 1 unspecified atom stereocenters. The summed E-state index contributed by atoms with van der Waals surface area (Å²) in [7, 11) is 0. The van der Waals surface area contributed by atoms with E-state index in [0.29, 0.717) is 19.3 Å². The van der Waals surface area contributed by atoms with Crippen LogP contribution < -0.4 is 0 Å².